The predicted octanol–water partition coefficient (Wildman–Crippen LogP) is 2.71. The quantitative estimate of drug-likeness (QED) is 0.859. The monoisotopic (exact) mass is 281 g/mol. The highest BCUT2D eigenvalue weighted by Crippen LogP contribution is 2.13. The molecule has 21 heavy (non-hydrogen) atoms. The van der Waals surface area contributed by atoms with Gasteiger partial charge < -0.3 is 0 Å². The minimum atomic E-state index is 1.02. The van der Waals surface area contributed by atoms with Crippen molar-refractivity contribution in [2.24, 2.45) is 0 Å². The number of hydrogen-bond acceptors (Lipinski definition) is 3. The highest BCUT2D eigenvalue weighted by atomic mass is 15.3. The molecule has 0 bridgehead atoms. The van der Waals surface area contributed by atoms with Gasteiger partial charge in [0.25, 0.3) is 0 Å². The van der Waals surface area contributed by atoms with E-state index in [0.717, 1.165) is 39.3 Å². The molecule has 1 aromatic heterocycles. The molecule has 1 aliphatic rings. The summed E-state index contributed by atoms with van der Waals surface area (Å²) in [4.78, 5) is 9.27. The second-order valence-electron chi connectivity index (χ2n) is 5.84. The van der Waals surface area contributed by atoms with Gasteiger partial charge in [0.2, 0.25) is 0 Å². The van der Waals surface area contributed by atoms with Crippen molar-refractivity contribution in [3.8, 4) is 0 Å². The summed E-state index contributed by atoms with van der Waals surface area (Å²) >= 11 is 0. The van der Waals surface area contributed by atoms with E-state index in [0.29, 0.717) is 0 Å². The van der Waals surface area contributed by atoms with E-state index < -0.39 is 0 Å². The molecule has 3 rings (SSSR count). The van der Waals surface area contributed by atoms with E-state index in [9.17, 15) is 0 Å². The van der Waals surface area contributed by atoms with Crippen molar-refractivity contribution in [3.63, 3.8) is 0 Å². The maximum atomic E-state index is 4.19. The number of rotatable bonds is 4. The van der Waals surface area contributed by atoms with Crippen LogP contribution in [0.2, 0.25) is 0 Å². The molecule has 0 unspecified atom stereocenters. The van der Waals surface area contributed by atoms with Gasteiger partial charge in [0.15, 0.2) is 0 Å². The van der Waals surface area contributed by atoms with Crippen LogP contribution < -0.4 is 0 Å². The van der Waals surface area contributed by atoms with Crippen LogP contribution in [0.25, 0.3) is 0 Å². The summed E-state index contributed by atoms with van der Waals surface area (Å²) in [5.41, 5.74) is 4.17. The zero-order valence-corrected chi connectivity index (χ0v) is 12.7. The molecule has 1 aromatic carbocycles. The highest BCUT2D eigenvalue weighted by Gasteiger charge is 2.17. The van der Waals surface area contributed by atoms with Gasteiger partial charge in [-0.15, -0.1) is 0 Å². The Balaban J connectivity index is 1.50. The van der Waals surface area contributed by atoms with Gasteiger partial charge in [0, 0.05) is 51.7 Å². The van der Waals surface area contributed by atoms with Crippen LogP contribution in [0.3, 0.4) is 0 Å². The largest absolute Gasteiger partial charge is 0.297 e. The molecule has 0 aliphatic carbocycles. The summed E-state index contributed by atoms with van der Waals surface area (Å²) in [6.45, 7) is 8.87. The number of pyridine rings is 1. The molecule has 0 spiro atoms. The summed E-state index contributed by atoms with van der Waals surface area (Å²) in [6.07, 6.45) is 3.81. The van der Waals surface area contributed by atoms with Crippen LogP contribution in [-0.4, -0.2) is 41.0 Å². The normalized spacial score (nSPS) is 17.0. The number of piperazine rings is 1. The Kier molecular flexibility index (Phi) is 4.63. The number of nitrogens with zero attached hydrogens (tertiary/aromatic N) is 3. The van der Waals surface area contributed by atoms with Crippen molar-refractivity contribution >= 4 is 0 Å². The third kappa shape index (κ3) is 3.90. The van der Waals surface area contributed by atoms with Crippen LogP contribution in [0.15, 0.2) is 48.8 Å². The molecule has 2 aromatic rings. The Morgan fingerprint density at radius 2 is 1.62 bits per heavy atom. The fourth-order valence-electron chi connectivity index (χ4n) is 2.88. The Hall–Kier alpha value is -1.71. The maximum absolute atomic E-state index is 4.19. The summed E-state index contributed by atoms with van der Waals surface area (Å²) in [7, 11) is 0. The molecule has 0 amide bonds. The number of hydrogen-bond donors (Lipinski definition) is 0. The van der Waals surface area contributed by atoms with Crippen LogP contribution in [0, 0.1) is 6.92 Å². The first kappa shape index (κ1) is 14.2. The van der Waals surface area contributed by atoms with Crippen molar-refractivity contribution in [3.05, 3.63) is 65.5 Å². The molecule has 3 nitrogen and oxygen atoms in total. The van der Waals surface area contributed by atoms with Gasteiger partial charge in [0.05, 0.1) is 0 Å². The van der Waals surface area contributed by atoms with Gasteiger partial charge in [-0.25, -0.2) is 0 Å². The number of aryl methyl sites for hydroxylation is 1. The molecule has 3 heteroatoms. The maximum Gasteiger partial charge on any atom is 0.0312 e. The average molecular weight is 281 g/mol. The minimum absolute atomic E-state index is 1.02. The third-order valence-corrected chi connectivity index (χ3v) is 4.25. The topological polar surface area (TPSA) is 19.4 Å². The third-order valence-electron chi connectivity index (χ3n) is 4.25. The molecule has 0 saturated carbocycles. The number of aromatic nitrogens is 1. The zero-order valence-electron chi connectivity index (χ0n) is 12.7. The van der Waals surface area contributed by atoms with Crippen LogP contribution in [-0.2, 0) is 13.1 Å². The van der Waals surface area contributed by atoms with Crippen molar-refractivity contribution in [2.45, 2.75) is 20.0 Å². The lowest BCUT2D eigenvalue weighted by Gasteiger charge is -2.35. The van der Waals surface area contributed by atoms with Crippen molar-refractivity contribution < 1.29 is 0 Å². The molecule has 1 aliphatic heterocycles. The summed E-state index contributed by atoms with van der Waals surface area (Å²) < 4.78 is 0. The Morgan fingerprint density at radius 3 is 2.29 bits per heavy atom. The van der Waals surface area contributed by atoms with Crippen molar-refractivity contribution in [1.82, 2.24) is 14.8 Å². The zero-order chi connectivity index (χ0) is 14.5. The average Bonchev–Trinajstić information content (AvgIpc) is 2.52. The fraction of sp³-hybridized carbons (Fsp3) is 0.389. The first-order valence-corrected chi connectivity index (χ1v) is 7.69. The summed E-state index contributed by atoms with van der Waals surface area (Å²) in [5.74, 6) is 0. The van der Waals surface area contributed by atoms with E-state index in [4.69, 9.17) is 0 Å². The predicted molar refractivity (Wildman–Crippen MR) is 86.0 cm³/mol. The van der Waals surface area contributed by atoms with Crippen molar-refractivity contribution in [1.29, 1.82) is 0 Å². The molecule has 2 heterocycles. The van der Waals surface area contributed by atoms with Crippen molar-refractivity contribution in [2.75, 3.05) is 26.2 Å². The second kappa shape index (κ2) is 6.83. The van der Waals surface area contributed by atoms with E-state index in [-0.39, 0.29) is 0 Å². The van der Waals surface area contributed by atoms with E-state index in [1.807, 2.05) is 18.5 Å². The van der Waals surface area contributed by atoms with Crippen LogP contribution >= 0.6 is 0 Å². The van der Waals surface area contributed by atoms with Crippen LogP contribution in [0.1, 0.15) is 16.7 Å². The Bertz CT molecular complexity index is 560. The van der Waals surface area contributed by atoms with Gasteiger partial charge >= 0.3 is 0 Å². The lowest BCUT2D eigenvalue weighted by atomic mass is 10.1. The van der Waals surface area contributed by atoms with Crippen LogP contribution in [0.4, 0.5) is 0 Å². The first-order chi connectivity index (χ1) is 10.3. The SMILES string of the molecule is Cc1ccccc1CN1CCN(Cc2cccnc2)CC1. The van der Waals surface area contributed by atoms with Gasteiger partial charge in [-0.3, -0.25) is 14.8 Å². The number of benzene rings is 1. The van der Waals surface area contributed by atoms with Gasteiger partial charge in [-0.2, -0.15) is 0 Å². The van der Waals surface area contributed by atoms with Gasteiger partial charge in [0.1, 0.15) is 0 Å². The van der Waals surface area contributed by atoms with Gasteiger partial charge in [-0.05, 0) is 29.7 Å². The molecule has 1 saturated heterocycles. The second-order valence-corrected chi connectivity index (χ2v) is 5.84. The van der Waals surface area contributed by atoms with E-state index in [1.54, 1.807) is 0 Å². The lowest BCUT2D eigenvalue weighted by Crippen LogP contribution is -2.45. The molecule has 110 valence electrons. The van der Waals surface area contributed by atoms with E-state index in [2.05, 4.69) is 52.0 Å². The minimum Gasteiger partial charge on any atom is -0.297 e. The molecular weight excluding hydrogens is 258 g/mol. The van der Waals surface area contributed by atoms with E-state index in [1.165, 1.54) is 16.7 Å². The van der Waals surface area contributed by atoms with Gasteiger partial charge in [-0.1, -0.05) is 30.3 Å². The summed E-state index contributed by atoms with van der Waals surface area (Å²) in [5, 5.41) is 0. The standard InChI is InChI=1S/C18H23N3/c1-16-5-2-3-7-18(16)15-21-11-9-20(10-12-21)14-17-6-4-8-19-13-17/h2-8,13H,9-12,14-15H2,1H3. The Labute approximate surface area is 127 Å². The molecule has 0 N–H and O–H groups in total. The molecule has 0 radical (unpaired) electrons. The lowest BCUT2D eigenvalue weighted by molar-refractivity contribution is 0.122. The first-order valence-electron chi connectivity index (χ1n) is 7.69. The highest BCUT2D eigenvalue weighted by molar-refractivity contribution is 5.25. The molecule has 1 fully saturated rings. The summed E-state index contributed by atoms with van der Waals surface area (Å²) in [6, 6.07) is 12.9. The fourth-order valence-corrected chi connectivity index (χ4v) is 2.88. The van der Waals surface area contributed by atoms with Crippen LogP contribution in [0.5, 0.6) is 0 Å². The smallest absolute Gasteiger partial charge is 0.0312 e. The molecular formula is C18H23N3. The van der Waals surface area contributed by atoms with E-state index >= 15 is 0 Å². The Morgan fingerprint density at radius 1 is 0.905 bits per heavy atom. The molecule has 0 atom stereocenters.